The van der Waals surface area contributed by atoms with E-state index >= 15 is 4.39 Å². The third kappa shape index (κ3) is 6.23. The number of rotatable bonds is 5. The van der Waals surface area contributed by atoms with Crippen LogP contribution in [-0.2, 0) is 12.8 Å². The molecular weight excluding hydrogens is 440 g/mol. The highest BCUT2D eigenvalue weighted by molar-refractivity contribution is 5.48. The Morgan fingerprint density at radius 2 is 1.68 bits per heavy atom. The Bertz CT molecular complexity index is 1050. The van der Waals surface area contributed by atoms with E-state index in [0.29, 0.717) is 17.0 Å². The summed E-state index contributed by atoms with van der Waals surface area (Å²) in [5, 5.41) is 0. The van der Waals surface area contributed by atoms with Gasteiger partial charge in [0.1, 0.15) is 11.6 Å². The third-order valence-corrected chi connectivity index (χ3v) is 7.35. The summed E-state index contributed by atoms with van der Waals surface area (Å²) in [5.41, 5.74) is 2.70. The number of allylic oxidation sites excluding steroid dienone is 1. The molecule has 0 aliphatic heterocycles. The van der Waals surface area contributed by atoms with Crippen molar-refractivity contribution in [2.45, 2.75) is 64.1 Å². The summed E-state index contributed by atoms with van der Waals surface area (Å²) in [6.45, 7) is 3.83. The van der Waals surface area contributed by atoms with Crippen molar-refractivity contribution in [2.75, 3.05) is 0 Å². The first-order valence-corrected chi connectivity index (χ1v) is 12.1. The van der Waals surface area contributed by atoms with Crippen molar-refractivity contribution < 1.29 is 22.3 Å². The summed E-state index contributed by atoms with van der Waals surface area (Å²) in [6, 6.07) is 9.01. The zero-order chi connectivity index (χ0) is 24.1. The first-order valence-electron chi connectivity index (χ1n) is 12.1. The molecule has 0 aromatic heterocycles. The molecule has 34 heavy (non-hydrogen) atoms. The Kier molecular flexibility index (Phi) is 7.66. The zero-order valence-corrected chi connectivity index (χ0v) is 19.3. The number of alkyl halides is 3. The molecule has 1 nitrogen and oxygen atoms in total. The summed E-state index contributed by atoms with van der Waals surface area (Å²) < 4.78 is 55.9. The van der Waals surface area contributed by atoms with E-state index in [1.165, 1.54) is 56.4 Å². The lowest BCUT2D eigenvalue weighted by atomic mass is 9.69. The highest BCUT2D eigenvalue weighted by Gasteiger charge is 2.32. The van der Waals surface area contributed by atoms with E-state index in [1.807, 2.05) is 12.1 Å². The van der Waals surface area contributed by atoms with E-state index in [2.05, 4.69) is 23.2 Å². The van der Waals surface area contributed by atoms with Crippen LogP contribution in [0.2, 0.25) is 0 Å². The standard InChI is InChI=1S/C29H30F4O/c1-2-3-4-20-5-10-22(11-6-20)24-15-18-27-25(19-24)14-13-23(28(27)30)12-7-21-8-16-26(17-9-21)34-29(31,32)33/h2,8-9,13-14,16-17,20,22,24H,1,3-6,10-11,15,18-19H2. The summed E-state index contributed by atoms with van der Waals surface area (Å²) in [6.07, 6.45) is 7.49. The number of hydrogen-bond acceptors (Lipinski definition) is 1. The second-order valence-electron chi connectivity index (χ2n) is 9.54. The Morgan fingerprint density at radius 1 is 0.941 bits per heavy atom. The average molecular weight is 471 g/mol. The van der Waals surface area contributed by atoms with Crippen molar-refractivity contribution in [3.8, 4) is 17.6 Å². The molecule has 0 N–H and O–H groups in total. The quantitative estimate of drug-likeness (QED) is 0.244. The summed E-state index contributed by atoms with van der Waals surface area (Å²) >= 11 is 0. The van der Waals surface area contributed by atoms with E-state index < -0.39 is 6.36 Å². The molecule has 2 aromatic rings. The predicted molar refractivity (Wildman–Crippen MR) is 126 cm³/mol. The number of ether oxygens (including phenoxy) is 1. The first kappa shape index (κ1) is 24.4. The van der Waals surface area contributed by atoms with Crippen LogP contribution in [0, 0.1) is 35.4 Å². The number of benzene rings is 2. The predicted octanol–water partition coefficient (Wildman–Crippen LogP) is 8.00. The van der Waals surface area contributed by atoms with Crippen molar-refractivity contribution in [3.05, 3.63) is 77.1 Å². The molecule has 0 spiro atoms. The van der Waals surface area contributed by atoms with E-state index in [0.717, 1.165) is 48.6 Å². The van der Waals surface area contributed by atoms with Gasteiger partial charge in [0.15, 0.2) is 0 Å². The zero-order valence-electron chi connectivity index (χ0n) is 19.3. The van der Waals surface area contributed by atoms with E-state index in [4.69, 9.17) is 0 Å². The van der Waals surface area contributed by atoms with E-state index in [-0.39, 0.29) is 11.6 Å². The van der Waals surface area contributed by atoms with Crippen molar-refractivity contribution in [1.29, 1.82) is 0 Å². The minimum absolute atomic E-state index is 0.256. The van der Waals surface area contributed by atoms with Crippen LogP contribution >= 0.6 is 0 Å². The molecule has 1 saturated carbocycles. The van der Waals surface area contributed by atoms with Gasteiger partial charge in [-0.1, -0.05) is 36.8 Å². The van der Waals surface area contributed by atoms with Gasteiger partial charge in [-0.05, 0) is 104 Å². The van der Waals surface area contributed by atoms with Gasteiger partial charge < -0.3 is 4.74 Å². The van der Waals surface area contributed by atoms with Crippen LogP contribution in [0.3, 0.4) is 0 Å². The van der Waals surface area contributed by atoms with Crippen LogP contribution < -0.4 is 4.74 Å². The molecule has 0 saturated heterocycles. The minimum atomic E-state index is -4.73. The van der Waals surface area contributed by atoms with Gasteiger partial charge in [-0.25, -0.2) is 4.39 Å². The molecule has 2 aliphatic rings. The maximum absolute atomic E-state index is 15.2. The van der Waals surface area contributed by atoms with E-state index in [1.54, 1.807) is 6.07 Å². The van der Waals surface area contributed by atoms with Crippen LogP contribution in [0.1, 0.15) is 67.2 Å². The molecule has 1 unspecified atom stereocenters. The van der Waals surface area contributed by atoms with Gasteiger partial charge in [-0.15, -0.1) is 19.8 Å². The molecule has 1 fully saturated rings. The highest BCUT2D eigenvalue weighted by atomic mass is 19.4. The fourth-order valence-electron chi connectivity index (χ4n) is 5.52. The van der Waals surface area contributed by atoms with Gasteiger partial charge in [0.25, 0.3) is 0 Å². The van der Waals surface area contributed by atoms with Crippen molar-refractivity contribution in [3.63, 3.8) is 0 Å². The third-order valence-electron chi connectivity index (χ3n) is 7.35. The maximum atomic E-state index is 15.2. The fraction of sp³-hybridized carbons (Fsp3) is 0.448. The molecular formula is C29H30F4O. The van der Waals surface area contributed by atoms with Crippen LogP contribution in [0.25, 0.3) is 0 Å². The van der Waals surface area contributed by atoms with Crippen molar-refractivity contribution in [1.82, 2.24) is 0 Å². The maximum Gasteiger partial charge on any atom is 0.573 e. The molecule has 180 valence electrons. The van der Waals surface area contributed by atoms with Gasteiger partial charge in [-0.2, -0.15) is 0 Å². The smallest absolute Gasteiger partial charge is 0.406 e. The van der Waals surface area contributed by atoms with Crippen molar-refractivity contribution in [2.24, 2.45) is 17.8 Å². The second kappa shape index (κ2) is 10.7. The Labute approximate surface area is 199 Å². The topological polar surface area (TPSA) is 9.23 Å². The molecule has 2 aromatic carbocycles. The summed E-state index contributed by atoms with van der Waals surface area (Å²) in [5.74, 6) is 7.32. The normalized spacial score (nSPS) is 22.3. The SMILES string of the molecule is C=CCCC1CCC(C2CCc3c(ccc(C#Cc4ccc(OC(F)(F)F)cc4)c3F)C2)CC1. The number of hydrogen-bond donors (Lipinski definition) is 0. The van der Waals surface area contributed by atoms with Crippen molar-refractivity contribution >= 4 is 0 Å². The van der Waals surface area contributed by atoms with Gasteiger partial charge in [0.2, 0.25) is 0 Å². The first-order chi connectivity index (χ1) is 16.3. The molecule has 0 amide bonds. The lowest BCUT2D eigenvalue weighted by molar-refractivity contribution is -0.274. The molecule has 4 rings (SSSR count). The van der Waals surface area contributed by atoms with Gasteiger partial charge in [0.05, 0.1) is 5.56 Å². The molecule has 5 heteroatoms. The average Bonchev–Trinajstić information content (AvgIpc) is 2.82. The van der Waals surface area contributed by atoms with Crippen LogP contribution in [-0.4, -0.2) is 6.36 Å². The van der Waals surface area contributed by atoms with Crippen LogP contribution in [0.5, 0.6) is 5.75 Å². The molecule has 2 aliphatic carbocycles. The molecule has 0 bridgehead atoms. The lowest BCUT2D eigenvalue weighted by Crippen LogP contribution is -2.27. The number of halogens is 4. The van der Waals surface area contributed by atoms with Gasteiger partial charge in [-0.3, -0.25) is 0 Å². The second-order valence-corrected chi connectivity index (χ2v) is 9.54. The minimum Gasteiger partial charge on any atom is -0.406 e. The monoisotopic (exact) mass is 470 g/mol. The Hall–Kier alpha value is -2.74. The number of fused-ring (bicyclic) bond motifs is 1. The Morgan fingerprint density at radius 3 is 2.35 bits per heavy atom. The largest absolute Gasteiger partial charge is 0.573 e. The van der Waals surface area contributed by atoms with Crippen LogP contribution in [0.15, 0.2) is 49.1 Å². The van der Waals surface area contributed by atoms with Gasteiger partial charge in [0, 0.05) is 5.56 Å². The molecule has 0 radical (unpaired) electrons. The molecule has 0 heterocycles. The van der Waals surface area contributed by atoms with Gasteiger partial charge >= 0.3 is 6.36 Å². The lowest BCUT2D eigenvalue weighted by Gasteiger charge is -2.36. The summed E-state index contributed by atoms with van der Waals surface area (Å²) in [7, 11) is 0. The van der Waals surface area contributed by atoms with E-state index in [9.17, 15) is 13.2 Å². The highest BCUT2D eigenvalue weighted by Crippen LogP contribution is 2.41. The fourth-order valence-corrected chi connectivity index (χ4v) is 5.52. The van der Waals surface area contributed by atoms with Crippen LogP contribution in [0.4, 0.5) is 17.6 Å². The summed E-state index contributed by atoms with van der Waals surface area (Å²) in [4.78, 5) is 0. The Balaban J connectivity index is 1.39. The molecule has 1 atom stereocenters.